The predicted molar refractivity (Wildman–Crippen MR) is 78.8 cm³/mol. The number of hydrogen-bond acceptors (Lipinski definition) is 6. The first-order chi connectivity index (χ1) is 11.4. The molecule has 0 fully saturated rings. The van der Waals surface area contributed by atoms with Crippen LogP contribution in [-0.2, 0) is 6.18 Å². The molecule has 124 valence electrons. The van der Waals surface area contributed by atoms with Gasteiger partial charge < -0.3 is 9.84 Å². The minimum Gasteiger partial charge on any atom is -0.362 e. The van der Waals surface area contributed by atoms with E-state index in [9.17, 15) is 13.2 Å². The SMILES string of the molecule is C[C@@H](Nc1cnccn1)c1ccc(-c2noc(C(F)(F)F)n2)cc1. The molecule has 24 heavy (non-hydrogen) atoms. The van der Waals surface area contributed by atoms with Crippen LogP contribution in [0.1, 0.15) is 24.4 Å². The Balaban J connectivity index is 1.74. The summed E-state index contributed by atoms with van der Waals surface area (Å²) in [6, 6.07) is 6.75. The zero-order chi connectivity index (χ0) is 17.2. The van der Waals surface area contributed by atoms with Crippen LogP contribution in [0.5, 0.6) is 0 Å². The van der Waals surface area contributed by atoms with Crippen molar-refractivity contribution in [2.75, 3.05) is 5.32 Å². The van der Waals surface area contributed by atoms with E-state index in [2.05, 4.69) is 29.9 Å². The van der Waals surface area contributed by atoms with E-state index < -0.39 is 12.1 Å². The number of anilines is 1. The van der Waals surface area contributed by atoms with Crippen molar-refractivity contribution in [1.82, 2.24) is 20.1 Å². The molecule has 1 atom stereocenters. The van der Waals surface area contributed by atoms with Crippen LogP contribution in [0, 0.1) is 0 Å². The third-order valence-corrected chi connectivity index (χ3v) is 3.26. The number of nitrogens with zero attached hydrogens (tertiary/aromatic N) is 4. The summed E-state index contributed by atoms with van der Waals surface area (Å²) < 4.78 is 41.7. The first-order valence-electron chi connectivity index (χ1n) is 6.97. The molecule has 9 heteroatoms. The highest BCUT2D eigenvalue weighted by atomic mass is 19.4. The molecule has 3 rings (SSSR count). The number of aromatic nitrogens is 4. The van der Waals surface area contributed by atoms with Gasteiger partial charge in [0.25, 0.3) is 0 Å². The molecule has 0 amide bonds. The van der Waals surface area contributed by atoms with Crippen molar-refractivity contribution < 1.29 is 17.7 Å². The normalized spacial score (nSPS) is 12.8. The number of rotatable bonds is 4. The molecule has 0 spiro atoms. The average Bonchev–Trinajstić information content (AvgIpc) is 3.06. The van der Waals surface area contributed by atoms with Crippen molar-refractivity contribution in [3.8, 4) is 11.4 Å². The van der Waals surface area contributed by atoms with Gasteiger partial charge >= 0.3 is 12.1 Å². The topological polar surface area (TPSA) is 76.7 Å². The second-order valence-electron chi connectivity index (χ2n) is 5.00. The van der Waals surface area contributed by atoms with E-state index in [4.69, 9.17) is 0 Å². The molecule has 3 aromatic rings. The highest BCUT2D eigenvalue weighted by molar-refractivity contribution is 5.55. The molecule has 0 saturated carbocycles. The molecule has 0 aliphatic heterocycles. The number of benzene rings is 1. The first kappa shape index (κ1) is 15.9. The van der Waals surface area contributed by atoms with E-state index in [1.54, 1.807) is 42.9 Å². The van der Waals surface area contributed by atoms with Crippen LogP contribution >= 0.6 is 0 Å². The molecular formula is C15H12F3N5O. The summed E-state index contributed by atoms with van der Waals surface area (Å²) in [5, 5.41) is 6.52. The van der Waals surface area contributed by atoms with Gasteiger partial charge in [-0.2, -0.15) is 18.2 Å². The monoisotopic (exact) mass is 335 g/mol. The van der Waals surface area contributed by atoms with Crippen molar-refractivity contribution in [1.29, 1.82) is 0 Å². The van der Waals surface area contributed by atoms with Crippen LogP contribution in [0.25, 0.3) is 11.4 Å². The highest BCUT2D eigenvalue weighted by Gasteiger charge is 2.38. The van der Waals surface area contributed by atoms with Gasteiger partial charge in [0.1, 0.15) is 5.82 Å². The Kier molecular flexibility index (Phi) is 4.15. The third-order valence-electron chi connectivity index (χ3n) is 3.26. The van der Waals surface area contributed by atoms with Crippen molar-refractivity contribution in [2.24, 2.45) is 0 Å². The van der Waals surface area contributed by atoms with Gasteiger partial charge in [0.05, 0.1) is 6.20 Å². The van der Waals surface area contributed by atoms with Crippen LogP contribution in [0.2, 0.25) is 0 Å². The maximum Gasteiger partial charge on any atom is 0.471 e. The molecule has 1 aromatic carbocycles. The largest absolute Gasteiger partial charge is 0.471 e. The second-order valence-corrected chi connectivity index (χ2v) is 5.00. The fourth-order valence-corrected chi connectivity index (χ4v) is 2.06. The van der Waals surface area contributed by atoms with E-state index in [0.29, 0.717) is 11.4 Å². The third kappa shape index (κ3) is 3.50. The van der Waals surface area contributed by atoms with E-state index in [-0.39, 0.29) is 11.9 Å². The first-order valence-corrected chi connectivity index (χ1v) is 6.97. The molecular weight excluding hydrogens is 323 g/mol. The lowest BCUT2D eigenvalue weighted by Crippen LogP contribution is -2.07. The van der Waals surface area contributed by atoms with Gasteiger partial charge in [0.15, 0.2) is 0 Å². The van der Waals surface area contributed by atoms with E-state index in [1.165, 1.54) is 0 Å². The Morgan fingerprint density at radius 3 is 2.46 bits per heavy atom. The summed E-state index contributed by atoms with van der Waals surface area (Å²) in [5.74, 6) is -0.843. The molecule has 0 aliphatic carbocycles. The van der Waals surface area contributed by atoms with Crippen molar-refractivity contribution in [3.05, 3.63) is 54.3 Å². The van der Waals surface area contributed by atoms with Gasteiger partial charge in [-0.1, -0.05) is 29.4 Å². The summed E-state index contributed by atoms with van der Waals surface area (Å²) in [5.41, 5.74) is 1.36. The smallest absolute Gasteiger partial charge is 0.362 e. The maximum absolute atomic E-state index is 12.5. The molecule has 0 bridgehead atoms. The van der Waals surface area contributed by atoms with E-state index >= 15 is 0 Å². The van der Waals surface area contributed by atoms with Gasteiger partial charge in [-0.3, -0.25) is 4.98 Å². The van der Waals surface area contributed by atoms with Crippen LogP contribution in [-0.4, -0.2) is 20.1 Å². The number of halogens is 3. The maximum atomic E-state index is 12.5. The molecule has 0 unspecified atom stereocenters. The fourth-order valence-electron chi connectivity index (χ4n) is 2.06. The van der Waals surface area contributed by atoms with Gasteiger partial charge in [-0.05, 0) is 12.5 Å². The Morgan fingerprint density at radius 2 is 1.88 bits per heavy atom. The fraction of sp³-hybridized carbons (Fsp3) is 0.200. The lowest BCUT2D eigenvalue weighted by Gasteiger charge is -2.14. The molecule has 2 heterocycles. The van der Waals surface area contributed by atoms with Crippen molar-refractivity contribution in [3.63, 3.8) is 0 Å². The standard InChI is InChI=1S/C15H12F3N5O/c1-9(21-12-8-19-6-7-20-12)10-2-4-11(5-3-10)13-22-14(24-23-13)15(16,17)18/h2-9H,1H3,(H,20,21)/t9-/m1/s1. The van der Waals surface area contributed by atoms with Crippen LogP contribution in [0.4, 0.5) is 19.0 Å². The van der Waals surface area contributed by atoms with Gasteiger partial charge in [0, 0.05) is 24.0 Å². The predicted octanol–water partition coefficient (Wildman–Crippen LogP) is 3.72. The molecule has 0 aliphatic rings. The summed E-state index contributed by atoms with van der Waals surface area (Å²) in [4.78, 5) is 11.4. The average molecular weight is 335 g/mol. The van der Waals surface area contributed by atoms with Crippen molar-refractivity contribution >= 4 is 5.82 Å². The second kappa shape index (κ2) is 6.26. The van der Waals surface area contributed by atoms with Crippen LogP contribution in [0.3, 0.4) is 0 Å². The zero-order valence-corrected chi connectivity index (χ0v) is 12.4. The molecule has 6 nitrogen and oxygen atoms in total. The summed E-state index contributed by atoms with van der Waals surface area (Å²) >= 11 is 0. The number of alkyl halides is 3. The lowest BCUT2D eigenvalue weighted by molar-refractivity contribution is -0.159. The quantitative estimate of drug-likeness (QED) is 0.783. The highest BCUT2D eigenvalue weighted by Crippen LogP contribution is 2.29. The lowest BCUT2D eigenvalue weighted by atomic mass is 10.1. The molecule has 1 N–H and O–H groups in total. The number of hydrogen-bond donors (Lipinski definition) is 1. The van der Waals surface area contributed by atoms with Crippen LogP contribution in [0.15, 0.2) is 47.4 Å². The Hall–Kier alpha value is -2.97. The van der Waals surface area contributed by atoms with Gasteiger partial charge in [-0.25, -0.2) is 4.98 Å². The zero-order valence-electron chi connectivity index (χ0n) is 12.4. The van der Waals surface area contributed by atoms with E-state index in [0.717, 1.165) is 5.56 Å². The molecule has 0 radical (unpaired) electrons. The summed E-state index contributed by atoms with van der Waals surface area (Å²) in [7, 11) is 0. The Labute approximate surface area is 134 Å². The summed E-state index contributed by atoms with van der Waals surface area (Å²) in [6.45, 7) is 1.93. The Morgan fingerprint density at radius 1 is 1.12 bits per heavy atom. The molecule has 0 saturated heterocycles. The van der Waals surface area contributed by atoms with Crippen molar-refractivity contribution in [2.45, 2.75) is 19.1 Å². The molecule has 2 aromatic heterocycles. The van der Waals surface area contributed by atoms with Gasteiger partial charge in [0.2, 0.25) is 5.82 Å². The summed E-state index contributed by atoms with van der Waals surface area (Å²) in [6.07, 6.45) is 0.0978. The minimum atomic E-state index is -4.65. The Bertz CT molecular complexity index is 802. The van der Waals surface area contributed by atoms with E-state index in [1.807, 2.05) is 6.92 Å². The number of nitrogens with one attached hydrogen (secondary N) is 1. The van der Waals surface area contributed by atoms with Crippen LogP contribution < -0.4 is 5.32 Å². The minimum absolute atomic E-state index is 0.0632. The van der Waals surface area contributed by atoms with Gasteiger partial charge in [-0.15, -0.1) is 0 Å².